The van der Waals surface area contributed by atoms with Crippen LogP contribution in [0.5, 0.6) is 0 Å². The van der Waals surface area contributed by atoms with E-state index in [-0.39, 0.29) is 23.9 Å². The molecule has 0 saturated carbocycles. The highest BCUT2D eigenvalue weighted by molar-refractivity contribution is 9.10. The highest BCUT2D eigenvalue weighted by atomic mass is 79.9. The summed E-state index contributed by atoms with van der Waals surface area (Å²) >= 11 is 3.50. The van der Waals surface area contributed by atoms with Gasteiger partial charge in [-0.15, -0.1) is 0 Å². The molecule has 2 rings (SSSR count). The van der Waals surface area contributed by atoms with E-state index in [0.29, 0.717) is 0 Å². The van der Waals surface area contributed by atoms with Crippen molar-refractivity contribution in [2.45, 2.75) is 45.2 Å². The lowest BCUT2D eigenvalue weighted by Gasteiger charge is -2.29. The van der Waals surface area contributed by atoms with Gasteiger partial charge in [0.2, 0.25) is 5.91 Å². The molecule has 3 atom stereocenters. The number of nitrogens with two attached hydrogens (primary N) is 1. The molecule has 2 N–H and O–H groups in total. The fourth-order valence-electron chi connectivity index (χ4n) is 2.78. The number of rotatable bonds is 4. The summed E-state index contributed by atoms with van der Waals surface area (Å²) in [6, 6.07) is 8.02. The number of benzene rings is 1. The summed E-state index contributed by atoms with van der Waals surface area (Å²) in [7, 11) is 0. The van der Waals surface area contributed by atoms with E-state index in [1.54, 1.807) is 0 Å². The fraction of sp³-hybridized carbons (Fsp3) is 0.562. The minimum absolute atomic E-state index is 0.0989. The zero-order chi connectivity index (χ0) is 14.7. The highest BCUT2D eigenvalue weighted by Gasteiger charge is 2.34. The molecule has 20 heavy (non-hydrogen) atoms. The molecule has 0 aromatic heterocycles. The third-order valence-electron chi connectivity index (χ3n) is 4.31. The lowest BCUT2D eigenvalue weighted by Crippen LogP contribution is -2.46. The van der Waals surface area contributed by atoms with E-state index in [1.807, 2.05) is 24.0 Å². The van der Waals surface area contributed by atoms with E-state index in [1.165, 1.54) is 5.56 Å². The first kappa shape index (κ1) is 15.5. The second-order valence-electron chi connectivity index (χ2n) is 5.66. The predicted octanol–water partition coefficient (Wildman–Crippen LogP) is 3.49. The van der Waals surface area contributed by atoms with E-state index in [2.05, 4.69) is 35.0 Å². The van der Waals surface area contributed by atoms with Gasteiger partial charge in [-0.05, 0) is 36.5 Å². The van der Waals surface area contributed by atoms with E-state index in [4.69, 9.17) is 5.73 Å². The predicted molar refractivity (Wildman–Crippen MR) is 85.3 cm³/mol. The summed E-state index contributed by atoms with van der Waals surface area (Å²) in [6.07, 6.45) is 3.01. The van der Waals surface area contributed by atoms with Crippen molar-refractivity contribution in [1.82, 2.24) is 4.90 Å². The third-order valence-corrected chi connectivity index (χ3v) is 4.80. The van der Waals surface area contributed by atoms with Gasteiger partial charge in [-0.3, -0.25) is 4.79 Å². The van der Waals surface area contributed by atoms with Crippen molar-refractivity contribution in [1.29, 1.82) is 0 Å². The quantitative estimate of drug-likeness (QED) is 0.913. The summed E-state index contributed by atoms with van der Waals surface area (Å²) in [5, 5.41) is 0. The average molecular weight is 339 g/mol. The fourth-order valence-corrected chi connectivity index (χ4v) is 3.20. The van der Waals surface area contributed by atoms with Crippen molar-refractivity contribution in [3.05, 3.63) is 34.3 Å². The Labute approximate surface area is 129 Å². The molecule has 0 spiro atoms. The average Bonchev–Trinajstić information content (AvgIpc) is 2.94. The Morgan fingerprint density at radius 2 is 2.30 bits per heavy atom. The maximum atomic E-state index is 12.6. The summed E-state index contributed by atoms with van der Waals surface area (Å²) in [4.78, 5) is 14.6. The number of likely N-dealkylation sites (tertiary alicyclic amines) is 1. The van der Waals surface area contributed by atoms with Crippen LogP contribution in [0.25, 0.3) is 0 Å². The first-order valence-electron chi connectivity index (χ1n) is 7.36. The second-order valence-corrected chi connectivity index (χ2v) is 6.57. The summed E-state index contributed by atoms with van der Waals surface area (Å²) in [6.45, 7) is 4.94. The van der Waals surface area contributed by atoms with Crippen LogP contribution in [0.15, 0.2) is 28.7 Å². The molecule has 1 fully saturated rings. The van der Waals surface area contributed by atoms with E-state index < -0.39 is 0 Å². The van der Waals surface area contributed by atoms with Crippen LogP contribution in [0.1, 0.15) is 44.7 Å². The van der Waals surface area contributed by atoms with Crippen LogP contribution in [0.2, 0.25) is 0 Å². The van der Waals surface area contributed by atoms with Crippen LogP contribution in [-0.2, 0) is 4.79 Å². The molecule has 1 aliphatic rings. The molecular weight excluding hydrogens is 316 g/mol. The Kier molecular flexibility index (Phi) is 5.22. The first-order chi connectivity index (χ1) is 9.54. The molecule has 1 aliphatic heterocycles. The zero-order valence-corrected chi connectivity index (χ0v) is 13.8. The monoisotopic (exact) mass is 338 g/mol. The molecule has 1 unspecified atom stereocenters. The summed E-state index contributed by atoms with van der Waals surface area (Å²) in [5.41, 5.74) is 7.32. The third kappa shape index (κ3) is 3.23. The highest BCUT2D eigenvalue weighted by Crippen LogP contribution is 2.33. The van der Waals surface area contributed by atoms with Crippen LogP contribution in [0.4, 0.5) is 0 Å². The number of hydrogen-bond donors (Lipinski definition) is 1. The Morgan fingerprint density at radius 1 is 1.55 bits per heavy atom. The van der Waals surface area contributed by atoms with E-state index >= 15 is 0 Å². The molecule has 1 amide bonds. The van der Waals surface area contributed by atoms with Crippen molar-refractivity contribution in [2.75, 3.05) is 6.54 Å². The van der Waals surface area contributed by atoms with Crippen LogP contribution in [0.3, 0.4) is 0 Å². The van der Waals surface area contributed by atoms with Gasteiger partial charge >= 0.3 is 0 Å². The lowest BCUT2D eigenvalue weighted by atomic mass is 9.97. The number of hydrogen-bond acceptors (Lipinski definition) is 2. The molecule has 0 radical (unpaired) electrons. The number of amides is 1. The molecule has 1 aromatic rings. The normalized spacial score (nSPS) is 21.8. The summed E-state index contributed by atoms with van der Waals surface area (Å²) < 4.78 is 1.06. The van der Waals surface area contributed by atoms with Gasteiger partial charge in [-0.1, -0.05) is 48.3 Å². The second kappa shape index (κ2) is 6.72. The van der Waals surface area contributed by atoms with Crippen LogP contribution in [-0.4, -0.2) is 23.4 Å². The summed E-state index contributed by atoms with van der Waals surface area (Å²) in [5.74, 6) is 0.327. The smallest absolute Gasteiger partial charge is 0.240 e. The topological polar surface area (TPSA) is 46.3 Å². The SMILES string of the molecule is CC[C@H](C)[C@H](N)C(=O)N1CCCC1c1cccc(Br)c1. The van der Waals surface area contributed by atoms with Crippen LogP contribution in [0, 0.1) is 5.92 Å². The van der Waals surface area contributed by atoms with Gasteiger partial charge in [0.1, 0.15) is 0 Å². The van der Waals surface area contributed by atoms with Gasteiger partial charge in [-0.2, -0.15) is 0 Å². The molecule has 110 valence electrons. The zero-order valence-electron chi connectivity index (χ0n) is 12.2. The van der Waals surface area contributed by atoms with Gasteiger partial charge in [0.05, 0.1) is 12.1 Å². The first-order valence-corrected chi connectivity index (χ1v) is 8.15. The van der Waals surface area contributed by atoms with Crippen LogP contribution < -0.4 is 5.73 Å². The van der Waals surface area contributed by atoms with Gasteiger partial charge < -0.3 is 10.6 Å². The largest absolute Gasteiger partial charge is 0.334 e. The number of carbonyl (C=O) groups excluding carboxylic acids is 1. The van der Waals surface area contributed by atoms with Crippen molar-refractivity contribution < 1.29 is 4.79 Å². The van der Waals surface area contributed by atoms with Gasteiger partial charge in [0.15, 0.2) is 0 Å². The molecular formula is C16H23BrN2O. The molecule has 1 heterocycles. The van der Waals surface area contributed by atoms with Crippen LogP contribution >= 0.6 is 15.9 Å². The van der Waals surface area contributed by atoms with Crippen molar-refractivity contribution >= 4 is 21.8 Å². The maximum Gasteiger partial charge on any atom is 0.240 e. The van der Waals surface area contributed by atoms with E-state index in [0.717, 1.165) is 30.3 Å². The van der Waals surface area contributed by atoms with Crippen molar-refractivity contribution in [3.8, 4) is 0 Å². The maximum absolute atomic E-state index is 12.6. The minimum Gasteiger partial charge on any atom is -0.334 e. The number of carbonyl (C=O) groups is 1. The van der Waals surface area contributed by atoms with Crippen molar-refractivity contribution in [3.63, 3.8) is 0 Å². The van der Waals surface area contributed by atoms with Gasteiger partial charge in [0.25, 0.3) is 0 Å². The molecule has 1 aromatic carbocycles. The molecule has 3 nitrogen and oxygen atoms in total. The Morgan fingerprint density at radius 3 is 2.95 bits per heavy atom. The number of nitrogens with zero attached hydrogens (tertiary/aromatic N) is 1. The molecule has 4 heteroatoms. The molecule has 0 bridgehead atoms. The number of halogens is 1. The molecule has 1 saturated heterocycles. The standard InChI is InChI=1S/C16H23BrN2O/c1-3-11(2)15(18)16(20)19-9-5-8-14(19)12-6-4-7-13(17)10-12/h4,6-7,10-11,14-15H,3,5,8-9,18H2,1-2H3/t11-,14?,15-/m0/s1. The lowest BCUT2D eigenvalue weighted by molar-refractivity contribution is -0.134. The van der Waals surface area contributed by atoms with Gasteiger partial charge in [-0.25, -0.2) is 0 Å². The Hall–Kier alpha value is -0.870. The van der Waals surface area contributed by atoms with Crippen molar-refractivity contribution in [2.24, 2.45) is 11.7 Å². The Balaban J connectivity index is 2.17. The molecule has 0 aliphatic carbocycles. The minimum atomic E-state index is -0.382. The Bertz CT molecular complexity index is 477. The van der Waals surface area contributed by atoms with E-state index in [9.17, 15) is 4.79 Å². The van der Waals surface area contributed by atoms with Gasteiger partial charge in [0, 0.05) is 11.0 Å².